The number of methoxy groups -OCH3 is 1. The van der Waals surface area contributed by atoms with Gasteiger partial charge in [0.15, 0.2) is 11.6 Å². The van der Waals surface area contributed by atoms with Gasteiger partial charge in [0.25, 0.3) is 0 Å². The molecule has 0 spiro atoms. The number of hydrogen-bond acceptors (Lipinski definition) is 7. The number of nitrogens with zero attached hydrogens (tertiary/aromatic N) is 2. The predicted molar refractivity (Wildman–Crippen MR) is 122 cm³/mol. The normalized spacial score (nSPS) is 18.2. The largest absolute Gasteiger partial charge is 0.477 e. The second-order valence-corrected chi connectivity index (χ2v) is 8.11. The number of ether oxygens (including phenoxy) is 1. The van der Waals surface area contributed by atoms with E-state index in [1.807, 2.05) is 0 Å². The number of carbonyl (C=O) groups is 1. The van der Waals surface area contributed by atoms with E-state index in [1.165, 1.54) is 27.9 Å². The van der Waals surface area contributed by atoms with Crippen molar-refractivity contribution in [2.75, 3.05) is 37.9 Å². The monoisotopic (exact) mass is 486 g/mol. The molecule has 2 aromatic heterocycles. The summed E-state index contributed by atoms with van der Waals surface area (Å²) in [7, 11) is 3.24. The highest BCUT2D eigenvalue weighted by Gasteiger charge is 2.37. The SMILES string of the molecule is CNC1CN(c2c(F)c(N)c3c(=O)c(C(=O)O)cn(-c4cccs4)c3c2F)CC1OC.Cl. The first kappa shape index (κ1) is 23.9. The smallest absolute Gasteiger partial charge is 0.341 e. The third kappa shape index (κ3) is 3.60. The summed E-state index contributed by atoms with van der Waals surface area (Å²) in [6, 6.07) is 3.15. The molecule has 0 amide bonds. The number of nitrogen functional groups attached to an aromatic ring is 1. The Morgan fingerprint density at radius 2 is 2.06 bits per heavy atom. The van der Waals surface area contributed by atoms with E-state index in [-0.39, 0.29) is 48.8 Å². The summed E-state index contributed by atoms with van der Waals surface area (Å²) in [5.74, 6) is -3.61. The van der Waals surface area contributed by atoms with Gasteiger partial charge in [0.05, 0.1) is 33.7 Å². The lowest BCUT2D eigenvalue weighted by Crippen LogP contribution is -2.37. The number of benzene rings is 1. The van der Waals surface area contributed by atoms with Crippen molar-refractivity contribution < 1.29 is 23.4 Å². The molecule has 3 aromatic rings. The minimum absolute atomic E-state index is 0. The highest BCUT2D eigenvalue weighted by Crippen LogP contribution is 2.38. The molecule has 2 atom stereocenters. The first-order valence-corrected chi connectivity index (χ1v) is 10.3. The van der Waals surface area contributed by atoms with Gasteiger partial charge in [-0.1, -0.05) is 0 Å². The van der Waals surface area contributed by atoms with Crippen molar-refractivity contribution in [3.05, 3.63) is 51.1 Å². The van der Waals surface area contributed by atoms with Gasteiger partial charge in [0, 0.05) is 26.4 Å². The van der Waals surface area contributed by atoms with Crippen LogP contribution in [-0.4, -0.2) is 55.0 Å². The summed E-state index contributed by atoms with van der Waals surface area (Å²) in [5.41, 5.74) is 3.06. The molecule has 4 rings (SSSR count). The van der Waals surface area contributed by atoms with Gasteiger partial charge in [-0.3, -0.25) is 4.79 Å². The van der Waals surface area contributed by atoms with E-state index in [1.54, 1.807) is 24.6 Å². The summed E-state index contributed by atoms with van der Waals surface area (Å²) < 4.78 is 37.9. The van der Waals surface area contributed by atoms with Crippen molar-refractivity contribution in [2.45, 2.75) is 12.1 Å². The molecule has 32 heavy (non-hydrogen) atoms. The Labute approximate surface area is 191 Å². The molecule has 1 saturated heterocycles. The van der Waals surface area contributed by atoms with Crippen LogP contribution < -0.4 is 21.4 Å². The average molecular weight is 487 g/mol. The van der Waals surface area contributed by atoms with Crippen molar-refractivity contribution in [1.29, 1.82) is 0 Å². The second-order valence-electron chi connectivity index (χ2n) is 7.19. The van der Waals surface area contributed by atoms with Crippen molar-refractivity contribution in [2.24, 2.45) is 0 Å². The molecule has 8 nitrogen and oxygen atoms in total. The van der Waals surface area contributed by atoms with Gasteiger partial charge < -0.3 is 30.4 Å². The van der Waals surface area contributed by atoms with E-state index in [9.17, 15) is 14.7 Å². The zero-order chi connectivity index (χ0) is 22.4. The molecule has 0 saturated carbocycles. The average Bonchev–Trinajstić information content (AvgIpc) is 3.41. The topological polar surface area (TPSA) is 110 Å². The molecule has 0 aliphatic carbocycles. The third-order valence-electron chi connectivity index (χ3n) is 5.57. The molecule has 1 aromatic carbocycles. The van der Waals surface area contributed by atoms with Crippen LogP contribution in [0.15, 0.2) is 28.5 Å². The number of thiophene rings is 1. The van der Waals surface area contributed by atoms with Gasteiger partial charge in [0.1, 0.15) is 11.3 Å². The van der Waals surface area contributed by atoms with Crippen molar-refractivity contribution in [3.8, 4) is 5.00 Å². The number of fused-ring (bicyclic) bond motifs is 1. The number of rotatable bonds is 5. The van der Waals surface area contributed by atoms with Crippen LogP contribution in [0.1, 0.15) is 10.4 Å². The number of nitrogens with one attached hydrogen (secondary N) is 1. The molecule has 3 heterocycles. The van der Waals surface area contributed by atoms with E-state index < -0.39 is 39.7 Å². The fourth-order valence-electron chi connectivity index (χ4n) is 4.01. The number of pyridine rings is 1. The number of hydrogen-bond donors (Lipinski definition) is 3. The van der Waals surface area contributed by atoms with E-state index in [0.717, 1.165) is 6.20 Å². The molecule has 0 bridgehead atoms. The highest BCUT2D eigenvalue weighted by atomic mass is 35.5. The maximum Gasteiger partial charge on any atom is 0.341 e. The first-order chi connectivity index (χ1) is 14.8. The number of aromatic carboxylic acids is 1. The van der Waals surface area contributed by atoms with Crippen LogP contribution in [0.3, 0.4) is 0 Å². The number of anilines is 2. The minimum atomic E-state index is -1.51. The van der Waals surface area contributed by atoms with Gasteiger partial charge in [-0.05, 0) is 24.6 Å². The first-order valence-electron chi connectivity index (χ1n) is 9.38. The molecule has 1 aliphatic heterocycles. The van der Waals surface area contributed by atoms with Gasteiger partial charge in [0.2, 0.25) is 5.43 Å². The second kappa shape index (κ2) is 9.02. The number of carboxylic acid groups (broad SMARTS) is 1. The van der Waals surface area contributed by atoms with E-state index in [2.05, 4.69) is 5.32 Å². The number of aromatic nitrogens is 1. The Kier molecular flexibility index (Phi) is 6.75. The Morgan fingerprint density at radius 3 is 2.59 bits per heavy atom. The Hall–Kier alpha value is -2.73. The molecule has 2 unspecified atom stereocenters. The number of nitrogens with two attached hydrogens (primary N) is 1. The maximum atomic E-state index is 15.9. The van der Waals surface area contributed by atoms with E-state index >= 15 is 8.78 Å². The predicted octanol–water partition coefficient (Wildman–Crippen LogP) is 2.46. The van der Waals surface area contributed by atoms with Gasteiger partial charge in [-0.2, -0.15) is 0 Å². The molecule has 4 N–H and O–H groups in total. The summed E-state index contributed by atoms with van der Waals surface area (Å²) in [5, 5.41) is 14.2. The van der Waals surface area contributed by atoms with Gasteiger partial charge >= 0.3 is 5.97 Å². The Bertz CT molecular complexity index is 1220. The van der Waals surface area contributed by atoms with Crippen molar-refractivity contribution in [1.82, 2.24) is 9.88 Å². The summed E-state index contributed by atoms with van der Waals surface area (Å²) in [4.78, 5) is 25.9. The Morgan fingerprint density at radius 1 is 1.34 bits per heavy atom. The molecule has 172 valence electrons. The maximum absolute atomic E-state index is 15.9. The Balaban J connectivity index is 0.00000289. The molecule has 1 aliphatic rings. The van der Waals surface area contributed by atoms with Crippen LogP contribution in [0.25, 0.3) is 15.9 Å². The van der Waals surface area contributed by atoms with Crippen LogP contribution in [0.4, 0.5) is 20.2 Å². The molecule has 1 fully saturated rings. The van der Waals surface area contributed by atoms with Crippen molar-refractivity contribution in [3.63, 3.8) is 0 Å². The summed E-state index contributed by atoms with van der Waals surface area (Å²) in [6.07, 6.45) is 0.732. The van der Waals surface area contributed by atoms with E-state index in [0.29, 0.717) is 5.00 Å². The third-order valence-corrected chi connectivity index (χ3v) is 6.43. The standard InChI is InChI=1S/C20H20F2N4O4S.ClH/c1-24-10-7-25(8-11(10)30-2)18-14(21)16(23)13-17(15(18)22)26(12-4-3-5-31-12)6-9(19(13)27)20(28)29;/h3-6,10-11,24H,7-8,23H2,1-2H3,(H,28,29);1H. The number of likely N-dealkylation sites (N-methyl/N-ethyl adjacent to an activating group) is 1. The fourth-order valence-corrected chi connectivity index (χ4v) is 4.72. The van der Waals surface area contributed by atoms with Crippen LogP contribution in [0.2, 0.25) is 0 Å². The van der Waals surface area contributed by atoms with Crippen LogP contribution in [0.5, 0.6) is 0 Å². The lowest BCUT2D eigenvalue weighted by atomic mass is 10.1. The number of halogens is 3. The zero-order valence-corrected chi connectivity index (χ0v) is 18.7. The van der Waals surface area contributed by atoms with Crippen LogP contribution in [0, 0.1) is 11.6 Å². The van der Waals surface area contributed by atoms with Crippen LogP contribution in [-0.2, 0) is 4.74 Å². The molecular formula is C20H21ClF2N4O4S. The molecule has 12 heteroatoms. The van der Waals surface area contributed by atoms with Gasteiger partial charge in [-0.15, -0.1) is 23.7 Å². The quantitative estimate of drug-likeness (QED) is 0.475. The minimum Gasteiger partial charge on any atom is -0.477 e. The lowest BCUT2D eigenvalue weighted by Gasteiger charge is -2.23. The lowest BCUT2D eigenvalue weighted by molar-refractivity contribution is 0.0695. The van der Waals surface area contributed by atoms with E-state index in [4.69, 9.17) is 10.5 Å². The molecular weight excluding hydrogens is 466 g/mol. The zero-order valence-electron chi connectivity index (χ0n) is 17.1. The van der Waals surface area contributed by atoms with Crippen molar-refractivity contribution >= 4 is 52.0 Å². The summed E-state index contributed by atoms with van der Waals surface area (Å²) >= 11 is 1.21. The fraction of sp³-hybridized carbons (Fsp3) is 0.300. The van der Waals surface area contributed by atoms with Gasteiger partial charge in [-0.25, -0.2) is 13.6 Å². The molecule has 0 radical (unpaired) electrons. The van der Waals surface area contributed by atoms with Crippen LogP contribution >= 0.6 is 23.7 Å². The summed E-state index contributed by atoms with van der Waals surface area (Å²) in [6.45, 7) is 0.460. The number of carboxylic acids is 1. The highest BCUT2D eigenvalue weighted by molar-refractivity contribution is 7.12.